The summed E-state index contributed by atoms with van der Waals surface area (Å²) in [6, 6.07) is 5.64. The largest absolute Gasteiger partial charge is 0.444 e. The van der Waals surface area contributed by atoms with Crippen molar-refractivity contribution >= 4 is 27.9 Å². The van der Waals surface area contributed by atoms with Crippen LogP contribution in [-0.2, 0) is 4.74 Å². The molecule has 1 atom stereocenters. The number of carbonyl (C=O) groups excluding carboxylic acids is 2. The average molecular weight is 383 g/mol. The van der Waals surface area contributed by atoms with Crippen molar-refractivity contribution in [2.24, 2.45) is 0 Å². The number of alkyl carbamates (subject to hydrolysis) is 1. The van der Waals surface area contributed by atoms with E-state index in [0.717, 1.165) is 16.5 Å². The molecule has 1 saturated heterocycles. The van der Waals surface area contributed by atoms with E-state index in [9.17, 15) is 9.59 Å². The molecule has 1 aromatic carbocycles. The molecule has 0 aromatic heterocycles. The third kappa shape index (κ3) is 4.96. The quantitative estimate of drug-likeness (QED) is 0.851. The van der Waals surface area contributed by atoms with E-state index in [2.05, 4.69) is 21.2 Å². The maximum Gasteiger partial charge on any atom is 0.407 e. The first-order chi connectivity index (χ1) is 10.7. The van der Waals surface area contributed by atoms with Crippen molar-refractivity contribution in [3.63, 3.8) is 0 Å². The van der Waals surface area contributed by atoms with Crippen molar-refractivity contribution in [3.05, 3.63) is 33.8 Å². The Morgan fingerprint density at radius 2 is 2.04 bits per heavy atom. The number of nitrogens with zero attached hydrogens (tertiary/aromatic N) is 1. The number of likely N-dealkylation sites (tertiary alicyclic amines) is 1. The van der Waals surface area contributed by atoms with Crippen LogP contribution in [0.3, 0.4) is 0 Å². The highest BCUT2D eigenvalue weighted by Gasteiger charge is 2.30. The van der Waals surface area contributed by atoms with Crippen LogP contribution in [0.15, 0.2) is 22.7 Å². The Balaban J connectivity index is 1.96. The summed E-state index contributed by atoms with van der Waals surface area (Å²) < 4.78 is 6.04. The molecule has 0 bridgehead atoms. The van der Waals surface area contributed by atoms with E-state index in [1.54, 1.807) is 4.90 Å². The van der Waals surface area contributed by atoms with Crippen LogP contribution in [0.5, 0.6) is 0 Å². The Labute approximate surface area is 145 Å². The second kappa shape index (κ2) is 6.91. The van der Waals surface area contributed by atoms with Gasteiger partial charge in [0, 0.05) is 17.6 Å². The van der Waals surface area contributed by atoms with Gasteiger partial charge in [-0.1, -0.05) is 11.6 Å². The number of rotatable bonds is 2. The molecule has 5 nitrogen and oxygen atoms in total. The highest BCUT2D eigenvalue weighted by molar-refractivity contribution is 9.10. The lowest BCUT2D eigenvalue weighted by Crippen LogP contribution is -2.41. The van der Waals surface area contributed by atoms with Crippen LogP contribution in [0.25, 0.3) is 0 Å². The van der Waals surface area contributed by atoms with Crippen LogP contribution < -0.4 is 5.32 Å². The lowest BCUT2D eigenvalue weighted by Gasteiger charge is -2.22. The van der Waals surface area contributed by atoms with E-state index in [0.29, 0.717) is 18.7 Å². The van der Waals surface area contributed by atoms with Crippen LogP contribution in [0.1, 0.15) is 43.1 Å². The Hall–Kier alpha value is -1.56. The van der Waals surface area contributed by atoms with Gasteiger partial charge in [-0.2, -0.15) is 0 Å². The van der Waals surface area contributed by atoms with Gasteiger partial charge >= 0.3 is 6.09 Å². The first kappa shape index (κ1) is 17.8. The number of benzene rings is 1. The standard InChI is InChI=1S/C17H23BrN2O3/c1-11-5-6-14(18)13(9-11)15(21)20-8-7-12(10-20)19-16(22)23-17(2,3)4/h5-6,9,12H,7-8,10H2,1-4H3,(H,19,22)/t12-/m1/s1. The topological polar surface area (TPSA) is 58.6 Å². The molecule has 1 aliphatic heterocycles. The molecule has 126 valence electrons. The molecule has 6 heteroatoms. The first-order valence-electron chi connectivity index (χ1n) is 7.70. The number of ether oxygens (including phenoxy) is 1. The van der Waals surface area contributed by atoms with Crippen LogP contribution in [0.4, 0.5) is 4.79 Å². The molecule has 2 rings (SSSR count). The summed E-state index contributed by atoms with van der Waals surface area (Å²) in [7, 11) is 0. The zero-order valence-corrected chi connectivity index (χ0v) is 15.6. The summed E-state index contributed by atoms with van der Waals surface area (Å²) in [6.07, 6.45) is 0.294. The van der Waals surface area contributed by atoms with E-state index < -0.39 is 11.7 Å². The molecule has 0 saturated carbocycles. The van der Waals surface area contributed by atoms with Crippen LogP contribution >= 0.6 is 15.9 Å². The molecular formula is C17H23BrN2O3. The summed E-state index contributed by atoms with van der Waals surface area (Å²) in [6.45, 7) is 8.56. The molecule has 1 fully saturated rings. The highest BCUT2D eigenvalue weighted by atomic mass is 79.9. The summed E-state index contributed by atoms with van der Waals surface area (Å²) in [5.74, 6) is -0.0194. The molecule has 0 unspecified atom stereocenters. The molecule has 1 aromatic rings. The van der Waals surface area contributed by atoms with Crippen molar-refractivity contribution in [1.29, 1.82) is 0 Å². The zero-order valence-electron chi connectivity index (χ0n) is 14.0. The van der Waals surface area contributed by atoms with Crippen LogP contribution in [-0.4, -0.2) is 41.6 Å². The van der Waals surface area contributed by atoms with Crippen molar-refractivity contribution in [1.82, 2.24) is 10.2 Å². The SMILES string of the molecule is Cc1ccc(Br)c(C(=O)N2CC[C@@H](NC(=O)OC(C)(C)C)C2)c1. The van der Waals surface area contributed by atoms with Crippen LogP contribution in [0, 0.1) is 6.92 Å². The lowest BCUT2D eigenvalue weighted by molar-refractivity contribution is 0.0502. The van der Waals surface area contributed by atoms with E-state index in [1.165, 1.54) is 0 Å². The monoisotopic (exact) mass is 382 g/mol. The number of hydrogen-bond acceptors (Lipinski definition) is 3. The fourth-order valence-electron chi connectivity index (χ4n) is 2.51. The van der Waals surface area contributed by atoms with E-state index in [4.69, 9.17) is 4.74 Å². The minimum absolute atomic E-state index is 0.0194. The second-order valence-corrected chi connectivity index (χ2v) is 7.72. The maximum atomic E-state index is 12.6. The third-order valence-corrected chi connectivity index (χ3v) is 4.24. The summed E-state index contributed by atoms with van der Waals surface area (Å²) in [5, 5.41) is 2.83. The van der Waals surface area contributed by atoms with Crippen molar-refractivity contribution < 1.29 is 14.3 Å². The number of halogens is 1. The number of amides is 2. The Bertz CT molecular complexity index is 610. The first-order valence-corrected chi connectivity index (χ1v) is 8.50. The molecule has 0 spiro atoms. The number of aryl methyl sites for hydroxylation is 1. The minimum Gasteiger partial charge on any atom is -0.444 e. The van der Waals surface area contributed by atoms with Gasteiger partial charge in [0.1, 0.15) is 5.60 Å². The number of nitrogens with one attached hydrogen (secondary N) is 1. The molecule has 0 radical (unpaired) electrons. The van der Waals surface area contributed by atoms with E-state index in [-0.39, 0.29) is 11.9 Å². The minimum atomic E-state index is -0.523. The zero-order chi connectivity index (χ0) is 17.2. The van der Waals surface area contributed by atoms with Gasteiger partial charge < -0.3 is 15.0 Å². The summed E-state index contributed by atoms with van der Waals surface area (Å²) in [4.78, 5) is 26.2. The van der Waals surface area contributed by atoms with Gasteiger partial charge in [0.2, 0.25) is 0 Å². The van der Waals surface area contributed by atoms with Gasteiger partial charge in [-0.25, -0.2) is 4.79 Å². The molecule has 1 heterocycles. The second-order valence-electron chi connectivity index (χ2n) is 6.87. The van der Waals surface area contributed by atoms with Gasteiger partial charge in [-0.15, -0.1) is 0 Å². The van der Waals surface area contributed by atoms with Gasteiger partial charge in [0.05, 0.1) is 11.6 Å². The maximum absolute atomic E-state index is 12.6. The number of carbonyl (C=O) groups is 2. The van der Waals surface area contributed by atoms with Gasteiger partial charge in [0.15, 0.2) is 0 Å². The molecule has 1 aliphatic rings. The average Bonchev–Trinajstić information content (AvgIpc) is 2.87. The fraction of sp³-hybridized carbons (Fsp3) is 0.529. The predicted octanol–water partition coefficient (Wildman–Crippen LogP) is 3.50. The molecule has 2 amide bonds. The third-order valence-electron chi connectivity index (χ3n) is 3.55. The molecule has 1 N–H and O–H groups in total. The smallest absolute Gasteiger partial charge is 0.407 e. The fourth-order valence-corrected chi connectivity index (χ4v) is 2.93. The Morgan fingerprint density at radius 3 is 2.70 bits per heavy atom. The summed E-state index contributed by atoms with van der Waals surface area (Å²) >= 11 is 3.43. The lowest BCUT2D eigenvalue weighted by atomic mass is 10.1. The predicted molar refractivity (Wildman–Crippen MR) is 92.6 cm³/mol. The highest BCUT2D eigenvalue weighted by Crippen LogP contribution is 2.22. The van der Waals surface area contributed by atoms with E-state index >= 15 is 0 Å². The van der Waals surface area contributed by atoms with Gasteiger partial charge in [0.25, 0.3) is 5.91 Å². The van der Waals surface area contributed by atoms with Crippen molar-refractivity contribution in [2.75, 3.05) is 13.1 Å². The Morgan fingerprint density at radius 1 is 1.35 bits per heavy atom. The van der Waals surface area contributed by atoms with Crippen molar-refractivity contribution in [2.45, 2.75) is 45.8 Å². The van der Waals surface area contributed by atoms with Gasteiger partial charge in [-0.3, -0.25) is 4.79 Å². The van der Waals surface area contributed by atoms with Crippen LogP contribution in [0.2, 0.25) is 0 Å². The molecular weight excluding hydrogens is 360 g/mol. The summed E-state index contributed by atoms with van der Waals surface area (Å²) in [5.41, 5.74) is 1.17. The van der Waals surface area contributed by atoms with E-state index in [1.807, 2.05) is 45.9 Å². The Kier molecular flexibility index (Phi) is 5.34. The molecule has 0 aliphatic carbocycles. The number of hydrogen-bond donors (Lipinski definition) is 1. The normalized spacial score (nSPS) is 18.0. The molecule has 23 heavy (non-hydrogen) atoms. The van der Waals surface area contributed by atoms with Crippen molar-refractivity contribution in [3.8, 4) is 0 Å². The van der Waals surface area contributed by atoms with Gasteiger partial charge in [-0.05, 0) is 62.2 Å².